The summed E-state index contributed by atoms with van der Waals surface area (Å²) < 4.78 is 70.8. The highest BCUT2D eigenvalue weighted by Crippen LogP contribution is 2.48. The second-order valence-corrected chi connectivity index (χ2v) is 14.4. The average Bonchev–Trinajstić information content (AvgIpc) is 3.59. The first-order valence-electron chi connectivity index (χ1n) is 17.4. The van der Waals surface area contributed by atoms with E-state index < -0.39 is 53.6 Å². The first-order valence-corrected chi connectivity index (χ1v) is 17.8. The lowest BCUT2D eigenvalue weighted by Gasteiger charge is -2.24. The molecule has 1 atom stereocenters. The number of ether oxygens (including phenoxy) is 1. The van der Waals surface area contributed by atoms with Crippen LogP contribution in [0, 0.1) is 17.0 Å². The number of halogens is 6. The van der Waals surface area contributed by atoms with E-state index in [4.69, 9.17) is 16.3 Å². The standard InChI is InChI=1S/C37H34ClF5N8O4/c38-24-5-3-23(4-6-24)36(9-10-36)49-33-46-32(47-34(48-33)55-16-13-37(41,42)43)45-27-7-1-22(2-8-27)30(53)50-14-11-35(20-50)12-15-51(21-35)31(54)29(52)44-28-18-25(39)17-26(40)19-28/h1-8,17-19H,9-16,20-21H2,(H,44,52)(H2,45,46,47,48,49). The number of aromatic nitrogens is 3. The van der Waals surface area contributed by atoms with Crippen molar-refractivity contribution in [3.05, 3.63) is 94.5 Å². The topological polar surface area (TPSA) is 142 Å². The highest BCUT2D eigenvalue weighted by atomic mass is 35.5. The van der Waals surface area contributed by atoms with Gasteiger partial charge in [-0.25, -0.2) is 8.78 Å². The Bertz CT molecular complexity index is 2080. The Hall–Kier alpha value is -5.58. The fourth-order valence-electron chi connectivity index (χ4n) is 6.90. The molecule has 2 saturated heterocycles. The van der Waals surface area contributed by atoms with Gasteiger partial charge < -0.3 is 30.5 Å². The number of amides is 3. The van der Waals surface area contributed by atoms with Gasteiger partial charge in [-0.15, -0.1) is 0 Å². The monoisotopic (exact) mass is 784 g/mol. The fourth-order valence-corrected chi connectivity index (χ4v) is 7.02. The van der Waals surface area contributed by atoms with E-state index in [-0.39, 0.29) is 42.6 Å². The summed E-state index contributed by atoms with van der Waals surface area (Å²) in [6.07, 6.45) is -2.92. The van der Waals surface area contributed by atoms with Crippen LogP contribution in [0.5, 0.6) is 6.01 Å². The van der Waals surface area contributed by atoms with Gasteiger partial charge in [-0.1, -0.05) is 23.7 Å². The number of carbonyl (C=O) groups excluding carboxylic acids is 3. The van der Waals surface area contributed by atoms with Crippen molar-refractivity contribution in [2.75, 3.05) is 48.7 Å². The van der Waals surface area contributed by atoms with Crippen LogP contribution in [0.15, 0.2) is 66.7 Å². The molecule has 1 spiro atoms. The van der Waals surface area contributed by atoms with Gasteiger partial charge in [0, 0.05) is 59.6 Å². The highest BCUT2D eigenvalue weighted by molar-refractivity contribution is 6.39. The van der Waals surface area contributed by atoms with Gasteiger partial charge in [0.15, 0.2) is 0 Å². The van der Waals surface area contributed by atoms with Crippen LogP contribution in [0.1, 0.15) is 48.0 Å². The largest absolute Gasteiger partial charge is 0.463 e. The normalized spacial score (nSPS) is 18.7. The van der Waals surface area contributed by atoms with Crippen LogP contribution in [0.25, 0.3) is 0 Å². The van der Waals surface area contributed by atoms with Gasteiger partial charge in [0.25, 0.3) is 5.91 Å². The number of likely N-dealkylation sites (tertiary alicyclic amines) is 2. The number of carbonyl (C=O) groups is 3. The van der Waals surface area contributed by atoms with Crippen molar-refractivity contribution in [1.82, 2.24) is 24.8 Å². The quantitative estimate of drug-likeness (QED) is 0.119. The molecule has 1 aliphatic carbocycles. The number of nitrogens with one attached hydrogen (secondary N) is 3. The number of anilines is 4. The van der Waals surface area contributed by atoms with E-state index in [0.29, 0.717) is 48.3 Å². The molecule has 3 aliphatic rings. The lowest BCUT2D eigenvalue weighted by molar-refractivity contribution is -0.142. The van der Waals surface area contributed by atoms with Gasteiger partial charge in [0.05, 0.1) is 12.0 Å². The molecule has 3 aromatic carbocycles. The second kappa shape index (κ2) is 14.9. The minimum absolute atomic E-state index is 0.00379. The molecule has 1 aromatic heterocycles. The number of alkyl halides is 3. The zero-order valence-electron chi connectivity index (χ0n) is 29.1. The van der Waals surface area contributed by atoms with Gasteiger partial charge in [-0.05, 0) is 79.8 Å². The Labute approximate surface area is 316 Å². The van der Waals surface area contributed by atoms with Crippen LogP contribution in [0.2, 0.25) is 5.02 Å². The number of hydrogen-bond acceptors (Lipinski definition) is 9. The van der Waals surface area contributed by atoms with E-state index >= 15 is 0 Å². The van der Waals surface area contributed by atoms with Crippen molar-refractivity contribution >= 4 is 52.6 Å². The molecular weight excluding hydrogens is 751 g/mol. The predicted molar refractivity (Wildman–Crippen MR) is 191 cm³/mol. The van der Waals surface area contributed by atoms with Crippen LogP contribution in [-0.4, -0.2) is 81.4 Å². The summed E-state index contributed by atoms with van der Waals surface area (Å²) in [7, 11) is 0. The minimum atomic E-state index is -4.43. The van der Waals surface area contributed by atoms with E-state index in [2.05, 4.69) is 30.9 Å². The molecular formula is C37H34ClF5N8O4. The lowest BCUT2D eigenvalue weighted by atomic mass is 9.86. The Balaban J connectivity index is 0.980. The Kier molecular flexibility index (Phi) is 10.2. The summed E-state index contributed by atoms with van der Waals surface area (Å²) in [5, 5.41) is 9.11. The summed E-state index contributed by atoms with van der Waals surface area (Å²) in [5.74, 6) is -3.76. The first-order chi connectivity index (χ1) is 26.2. The molecule has 1 unspecified atom stereocenters. The summed E-state index contributed by atoms with van der Waals surface area (Å²) in [6, 6.07) is 15.9. The van der Waals surface area contributed by atoms with Crippen LogP contribution in [0.4, 0.5) is 45.2 Å². The molecule has 4 aromatic rings. The number of hydrogen-bond donors (Lipinski definition) is 3. The zero-order valence-corrected chi connectivity index (χ0v) is 29.8. The molecule has 2 aliphatic heterocycles. The van der Waals surface area contributed by atoms with Crippen molar-refractivity contribution < 1.29 is 41.1 Å². The number of nitrogens with zero attached hydrogens (tertiary/aromatic N) is 5. The number of benzene rings is 3. The third-order valence-corrected chi connectivity index (χ3v) is 10.1. The molecule has 3 N–H and O–H groups in total. The zero-order chi connectivity index (χ0) is 39.0. The van der Waals surface area contributed by atoms with E-state index in [1.54, 1.807) is 41.3 Å². The Morgan fingerprint density at radius 1 is 0.800 bits per heavy atom. The SMILES string of the molecule is O=C(Nc1cc(F)cc(F)c1)C(=O)N1CCC2(CCN(C(=O)c3ccc(Nc4nc(NC5(c6ccc(Cl)cc6)CC5)nc(OCCC(F)(F)F)n4)cc3)C2)C1. The number of rotatable bonds is 10. The molecule has 0 radical (unpaired) electrons. The predicted octanol–water partition coefficient (Wildman–Crippen LogP) is 6.68. The maximum absolute atomic E-state index is 13.5. The van der Waals surface area contributed by atoms with E-state index in [9.17, 15) is 36.3 Å². The Morgan fingerprint density at radius 3 is 2.09 bits per heavy atom. The van der Waals surface area contributed by atoms with Gasteiger partial charge in [-0.2, -0.15) is 28.1 Å². The van der Waals surface area contributed by atoms with Crippen LogP contribution < -0.4 is 20.7 Å². The first kappa shape index (κ1) is 37.7. The van der Waals surface area contributed by atoms with Crippen LogP contribution in [-0.2, 0) is 15.1 Å². The molecule has 3 amide bonds. The third kappa shape index (κ3) is 9.04. The van der Waals surface area contributed by atoms with Gasteiger partial charge in [0.2, 0.25) is 11.9 Å². The molecule has 12 nitrogen and oxygen atoms in total. The van der Waals surface area contributed by atoms with Gasteiger partial charge in [0.1, 0.15) is 18.2 Å². The molecule has 288 valence electrons. The average molecular weight is 785 g/mol. The highest BCUT2D eigenvalue weighted by Gasteiger charge is 2.47. The summed E-state index contributed by atoms with van der Waals surface area (Å²) in [5.41, 5.74) is 0.746. The van der Waals surface area contributed by atoms with Crippen molar-refractivity contribution in [2.24, 2.45) is 5.41 Å². The lowest BCUT2D eigenvalue weighted by Crippen LogP contribution is -2.40. The van der Waals surface area contributed by atoms with Crippen LogP contribution in [0.3, 0.4) is 0 Å². The van der Waals surface area contributed by atoms with Crippen molar-refractivity contribution in [2.45, 2.75) is 43.8 Å². The molecule has 7 rings (SSSR count). The molecule has 3 fully saturated rings. The second-order valence-electron chi connectivity index (χ2n) is 14.0. The molecule has 18 heteroatoms. The van der Waals surface area contributed by atoms with E-state index in [1.165, 1.54) is 4.90 Å². The Morgan fingerprint density at radius 2 is 1.44 bits per heavy atom. The third-order valence-electron chi connectivity index (χ3n) is 9.88. The summed E-state index contributed by atoms with van der Waals surface area (Å²) >= 11 is 6.06. The van der Waals surface area contributed by atoms with E-state index in [0.717, 1.165) is 30.5 Å². The molecule has 55 heavy (non-hydrogen) atoms. The van der Waals surface area contributed by atoms with Crippen LogP contribution >= 0.6 is 11.6 Å². The van der Waals surface area contributed by atoms with Gasteiger partial charge in [-0.3, -0.25) is 14.4 Å². The maximum atomic E-state index is 13.5. The molecule has 3 heterocycles. The summed E-state index contributed by atoms with van der Waals surface area (Å²) in [6.45, 7) is 0.644. The smallest absolute Gasteiger partial charge is 0.392 e. The fraction of sp³-hybridized carbons (Fsp3) is 0.351. The molecule has 1 saturated carbocycles. The maximum Gasteiger partial charge on any atom is 0.392 e. The van der Waals surface area contributed by atoms with Gasteiger partial charge >= 0.3 is 24.0 Å². The van der Waals surface area contributed by atoms with Crippen molar-refractivity contribution in [3.8, 4) is 6.01 Å². The van der Waals surface area contributed by atoms with Crippen molar-refractivity contribution in [3.63, 3.8) is 0 Å². The van der Waals surface area contributed by atoms with E-state index in [1.807, 2.05) is 12.1 Å². The molecule has 0 bridgehead atoms. The summed E-state index contributed by atoms with van der Waals surface area (Å²) in [4.78, 5) is 54.9. The van der Waals surface area contributed by atoms with Crippen molar-refractivity contribution in [1.29, 1.82) is 0 Å². The minimum Gasteiger partial charge on any atom is -0.463 e.